The fraction of sp³-hybridized carbons (Fsp3) is 0.300. The Kier molecular flexibility index (Phi) is 3.71. The average Bonchev–Trinajstić information content (AvgIpc) is 2.96. The van der Waals surface area contributed by atoms with Crippen LogP contribution in [0.4, 0.5) is 5.13 Å². The number of aromatic nitrogens is 3. The van der Waals surface area contributed by atoms with Gasteiger partial charge in [-0.15, -0.1) is 11.3 Å². The van der Waals surface area contributed by atoms with Gasteiger partial charge in [0.2, 0.25) is 0 Å². The van der Waals surface area contributed by atoms with Crippen molar-refractivity contribution in [2.75, 3.05) is 11.9 Å². The molecule has 2 rings (SSSR count). The van der Waals surface area contributed by atoms with Gasteiger partial charge in [0, 0.05) is 30.7 Å². The molecule has 0 saturated heterocycles. The summed E-state index contributed by atoms with van der Waals surface area (Å²) in [6.45, 7) is 0.743. The van der Waals surface area contributed by atoms with Gasteiger partial charge in [0.05, 0.1) is 0 Å². The first-order chi connectivity index (χ1) is 8.25. The van der Waals surface area contributed by atoms with E-state index in [0.717, 1.165) is 25.2 Å². The molecule has 90 valence electrons. The Morgan fingerprint density at radius 3 is 3.12 bits per heavy atom. The zero-order valence-corrected chi connectivity index (χ0v) is 9.83. The zero-order valence-electron chi connectivity index (χ0n) is 9.01. The molecule has 3 N–H and O–H groups in total. The van der Waals surface area contributed by atoms with Gasteiger partial charge in [-0.3, -0.25) is 0 Å². The number of imidazole rings is 1. The van der Waals surface area contributed by atoms with Crippen LogP contribution in [0.2, 0.25) is 0 Å². The zero-order chi connectivity index (χ0) is 12.1. The van der Waals surface area contributed by atoms with Crippen LogP contribution in [0.25, 0.3) is 0 Å². The van der Waals surface area contributed by atoms with Crippen molar-refractivity contribution >= 4 is 22.4 Å². The minimum absolute atomic E-state index is 0.0866. The minimum atomic E-state index is -0.995. The van der Waals surface area contributed by atoms with Crippen molar-refractivity contribution in [3.05, 3.63) is 29.3 Å². The SMILES string of the molecule is O=C(O)c1csc(NCCCc2ncc[nH]2)n1. The van der Waals surface area contributed by atoms with Crippen LogP contribution < -0.4 is 5.32 Å². The Balaban J connectivity index is 1.72. The monoisotopic (exact) mass is 252 g/mol. The second-order valence-electron chi connectivity index (χ2n) is 3.41. The molecule has 0 amide bonds. The second kappa shape index (κ2) is 5.44. The summed E-state index contributed by atoms with van der Waals surface area (Å²) in [5.41, 5.74) is 0.0866. The number of hydrogen-bond acceptors (Lipinski definition) is 5. The van der Waals surface area contributed by atoms with Gasteiger partial charge < -0.3 is 15.4 Å². The summed E-state index contributed by atoms with van der Waals surface area (Å²) in [5.74, 6) is -0.0398. The van der Waals surface area contributed by atoms with Crippen molar-refractivity contribution in [2.24, 2.45) is 0 Å². The number of carboxylic acids is 1. The van der Waals surface area contributed by atoms with E-state index in [2.05, 4.69) is 20.3 Å². The molecule has 2 heterocycles. The van der Waals surface area contributed by atoms with Crippen LogP contribution >= 0.6 is 11.3 Å². The molecule has 6 nitrogen and oxygen atoms in total. The number of aromatic amines is 1. The predicted octanol–water partition coefficient (Wildman–Crippen LogP) is 1.61. The van der Waals surface area contributed by atoms with Gasteiger partial charge in [-0.25, -0.2) is 14.8 Å². The minimum Gasteiger partial charge on any atom is -0.476 e. The summed E-state index contributed by atoms with van der Waals surface area (Å²) in [7, 11) is 0. The van der Waals surface area contributed by atoms with Crippen LogP contribution in [-0.4, -0.2) is 32.6 Å². The van der Waals surface area contributed by atoms with E-state index in [0.29, 0.717) is 5.13 Å². The van der Waals surface area contributed by atoms with Crippen LogP contribution in [0.5, 0.6) is 0 Å². The summed E-state index contributed by atoms with van der Waals surface area (Å²) in [6.07, 6.45) is 5.29. The van der Waals surface area contributed by atoms with E-state index in [4.69, 9.17) is 5.11 Å². The molecular weight excluding hydrogens is 240 g/mol. The third-order valence-corrected chi connectivity index (χ3v) is 2.94. The fourth-order valence-electron chi connectivity index (χ4n) is 1.34. The van der Waals surface area contributed by atoms with Gasteiger partial charge in [-0.05, 0) is 6.42 Å². The first kappa shape index (κ1) is 11.6. The van der Waals surface area contributed by atoms with Gasteiger partial charge >= 0.3 is 5.97 Å². The van der Waals surface area contributed by atoms with E-state index in [-0.39, 0.29) is 5.69 Å². The van der Waals surface area contributed by atoms with Crippen molar-refractivity contribution in [1.82, 2.24) is 15.0 Å². The molecule has 0 bridgehead atoms. The third kappa shape index (κ3) is 3.28. The lowest BCUT2D eigenvalue weighted by Gasteiger charge is -2.00. The largest absolute Gasteiger partial charge is 0.476 e. The Labute approximate surface area is 102 Å². The highest BCUT2D eigenvalue weighted by Gasteiger charge is 2.07. The van der Waals surface area contributed by atoms with E-state index in [1.807, 2.05) is 0 Å². The molecule has 2 aromatic rings. The summed E-state index contributed by atoms with van der Waals surface area (Å²) in [6, 6.07) is 0. The van der Waals surface area contributed by atoms with Crippen LogP contribution in [0.15, 0.2) is 17.8 Å². The van der Waals surface area contributed by atoms with Gasteiger partial charge in [0.15, 0.2) is 10.8 Å². The van der Waals surface area contributed by atoms with Crippen LogP contribution in [0.1, 0.15) is 22.7 Å². The number of nitrogens with zero attached hydrogens (tertiary/aromatic N) is 2. The fourth-order valence-corrected chi connectivity index (χ4v) is 2.05. The lowest BCUT2D eigenvalue weighted by molar-refractivity contribution is 0.0691. The summed E-state index contributed by atoms with van der Waals surface area (Å²) < 4.78 is 0. The highest BCUT2D eigenvalue weighted by Crippen LogP contribution is 2.15. The quantitative estimate of drug-likeness (QED) is 0.679. The number of aromatic carboxylic acids is 1. The Bertz CT molecular complexity index is 480. The number of hydrogen-bond donors (Lipinski definition) is 3. The number of carbonyl (C=O) groups is 1. The van der Waals surface area contributed by atoms with E-state index in [9.17, 15) is 4.79 Å². The molecular formula is C10H12N4O2S. The van der Waals surface area contributed by atoms with E-state index >= 15 is 0 Å². The van der Waals surface area contributed by atoms with Crippen molar-refractivity contribution < 1.29 is 9.90 Å². The first-order valence-electron chi connectivity index (χ1n) is 5.16. The maximum Gasteiger partial charge on any atom is 0.355 e. The van der Waals surface area contributed by atoms with Gasteiger partial charge in [0.25, 0.3) is 0 Å². The Morgan fingerprint density at radius 2 is 2.47 bits per heavy atom. The molecule has 0 saturated carbocycles. The molecule has 2 aromatic heterocycles. The lowest BCUT2D eigenvalue weighted by atomic mass is 10.3. The molecule has 0 atom stereocenters. The topological polar surface area (TPSA) is 90.9 Å². The molecule has 7 heteroatoms. The molecule has 0 aliphatic rings. The predicted molar refractivity (Wildman–Crippen MR) is 64.5 cm³/mol. The summed E-state index contributed by atoms with van der Waals surface area (Å²) in [4.78, 5) is 21.7. The number of rotatable bonds is 6. The molecule has 0 aliphatic heterocycles. The number of nitrogens with one attached hydrogen (secondary N) is 2. The van der Waals surface area contributed by atoms with Crippen LogP contribution in [-0.2, 0) is 6.42 Å². The van der Waals surface area contributed by atoms with E-state index < -0.39 is 5.97 Å². The molecule has 0 spiro atoms. The number of anilines is 1. The smallest absolute Gasteiger partial charge is 0.355 e. The van der Waals surface area contributed by atoms with E-state index in [1.165, 1.54) is 16.7 Å². The summed E-state index contributed by atoms with van der Waals surface area (Å²) >= 11 is 1.30. The second-order valence-corrected chi connectivity index (χ2v) is 4.27. The Hall–Kier alpha value is -1.89. The van der Waals surface area contributed by atoms with Crippen LogP contribution in [0.3, 0.4) is 0 Å². The molecule has 0 radical (unpaired) electrons. The summed E-state index contributed by atoms with van der Waals surface area (Å²) in [5, 5.41) is 13.9. The number of thiazole rings is 1. The maximum absolute atomic E-state index is 10.6. The molecule has 0 unspecified atom stereocenters. The molecule has 0 aromatic carbocycles. The highest BCUT2D eigenvalue weighted by atomic mass is 32.1. The normalized spacial score (nSPS) is 10.4. The molecule has 0 aliphatic carbocycles. The van der Waals surface area contributed by atoms with Gasteiger partial charge in [-0.1, -0.05) is 0 Å². The number of carboxylic acid groups (broad SMARTS) is 1. The highest BCUT2D eigenvalue weighted by molar-refractivity contribution is 7.13. The maximum atomic E-state index is 10.6. The van der Waals surface area contributed by atoms with Crippen molar-refractivity contribution in [3.63, 3.8) is 0 Å². The van der Waals surface area contributed by atoms with Gasteiger partial charge in [0.1, 0.15) is 5.82 Å². The van der Waals surface area contributed by atoms with Crippen molar-refractivity contribution in [3.8, 4) is 0 Å². The van der Waals surface area contributed by atoms with Crippen molar-refractivity contribution in [2.45, 2.75) is 12.8 Å². The van der Waals surface area contributed by atoms with E-state index in [1.54, 1.807) is 12.4 Å². The Morgan fingerprint density at radius 1 is 1.59 bits per heavy atom. The van der Waals surface area contributed by atoms with Crippen molar-refractivity contribution in [1.29, 1.82) is 0 Å². The third-order valence-electron chi connectivity index (χ3n) is 2.14. The molecule has 0 fully saturated rings. The standard InChI is InChI=1S/C10H12N4O2S/c15-9(16)7-6-17-10(14-7)13-3-1-2-8-11-4-5-12-8/h4-6H,1-3H2,(H,11,12)(H,13,14)(H,15,16). The number of H-pyrrole nitrogens is 1. The van der Waals surface area contributed by atoms with Gasteiger partial charge in [-0.2, -0.15) is 0 Å². The van der Waals surface area contributed by atoms with Crippen LogP contribution in [0, 0.1) is 0 Å². The number of aryl methyl sites for hydroxylation is 1. The molecule has 17 heavy (non-hydrogen) atoms. The first-order valence-corrected chi connectivity index (χ1v) is 6.04. The average molecular weight is 252 g/mol. The lowest BCUT2D eigenvalue weighted by Crippen LogP contribution is -2.04.